The van der Waals surface area contributed by atoms with E-state index in [0.29, 0.717) is 31.2 Å². The molecule has 0 aliphatic heterocycles. The summed E-state index contributed by atoms with van der Waals surface area (Å²) >= 11 is 0. The normalized spacial score (nSPS) is 26.6. The maximum atomic E-state index is 13.4. The smallest absolute Gasteiger partial charge is 0.324 e. The van der Waals surface area contributed by atoms with Gasteiger partial charge in [-0.25, -0.2) is 0 Å². The highest BCUT2D eigenvalue weighted by Gasteiger charge is 2.51. The number of hydroxylamine groups is 1. The summed E-state index contributed by atoms with van der Waals surface area (Å²) in [6.07, 6.45) is 12.4. The van der Waals surface area contributed by atoms with Gasteiger partial charge in [0.1, 0.15) is 5.60 Å². The molecule has 2 N–H and O–H groups in total. The van der Waals surface area contributed by atoms with Gasteiger partial charge in [0.2, 0.25) is 0 Å². The van der Waals surface area contributed by atoms with Crippen molar-refractivity contribution in [1.29, 1.82) is 0 Å². The minimum absolute atomic E-state index is 0.0431. The summed E-state index contributed by atoms with van der Waals surface area (Å²) in [5.74, 6) is 0.965. The lowest BCUT2D eigenvalue weighted by Crippen LogP contribution is -2.58. The maximum absolute atomic E-state index is 13.4. The number of carbonyl (C=O) groups excluding carboxylic acids is 4. The van der Waals surface area contributed by atoms with E-state index in [1.54, 1.807) is 24.3 Å². The Kier molecular flexibility index (Phi) is 10.2. The SMILES string of the molecule is O=C(CCC1(OC(=O)CCC(=O)[C@H](Cc2ccccc2)NC(=O)c2ccccc2)CCCCC1)ONC12CC3CC(CC(C3)C1)C2. The molecule has 4 bridgehead atoms. The lowest BCUT2D eigenvalue weighted by atomic mass is 9.53. The van der Waals surface area contributed by atoms with Crippen LogP contribution in [-0.4, -0.2) is 40.8 Å². The van der Waals surface area contributed by atoms with E-state index >= 15 is 0 Å². The van der Waals surface area contributed by atoms with Gasteiger partial charge in [-0.1, -0.05) is 55.0 Å². The molecule has 0 unspecified atom stereocenters. The Bertz CT molecular complexity index is 1330. The maximum Gasteiger partial charge on any atom is 0.324 e. The molecule has 8 heteroatoms. The van der Waals surface area contributed by atoms with E-state index in [2.05, 4.69) is 10.8 Å². The molecule has 0 heterocycles. The monoisotopic (exact) mass is 628 g/mol. The molecule has 5 fully saturated rings. The molecule has 246 valence electrons. The van der Waals surface area contributed by atoms with Crippen molar-refractivity contribution in [3.05, 3.63) is 71.8 Å². The highest BCUT2D eigenvalue weighted by atomic mass is 16.7. The Hall–Kier alpha value is -3.52. The molecule has 0 radical (unpaired) electrons. The largest absolute Gasteiger partial charge is 0.459 e. The average molecular weight is 629 g/mol. The van der Waals surface area contributed by atoms with Gasteiger partial charge in [0.15, 0.2) is 5.78 Å². The third-order valence-electron chi connectivity index (χ3n) is 10.9. The van der Waals surface area contributed by atoms with Gasteiger partial charge < -0.3 is 14.9 Å². The number of ketones is 1. The van der Waals surface area contributed by atoms with Crippen molar-refractivity contribution in [3.8, 4) is 0 Å². The van der Waals surface area contributed by atoms with Crippen LogP contribution < -0.4 is 10.8 Å². The van der Waals surface area contributed by atoms with Gasteiger partial charge in [0.25, 0.3) is 5.91 Å². The number of amides is 1. The Morgan fingerprint density at radius 3 is 1.98 bits per heavy atom. The van der Waals surface area contributed by atoms with Crippen LogP contribution in [0.5, 0.6) is 0 Å². The predicted molar refractivity (Wildman–Crippen MR) is 173 cm³/mol. The average Bonchev–Trinajstić information content (AvgIpc) is 3.06. The van der Waals surface area contributed by atoms with Gasteiger partial charge in [-0.3, -0.25) is 19.2 Å². The van der Waals surface area contributed by atoms with Crippen molar-refractivity contribution in [1.82, 2.24) is 10.8 Å². The highest BCUT2D eigenvalue weighted by Crippen LogP contribution is 2.55. The molecule has 0 saturated heterocycles. The van der Waals surface area contributed by atoms with E-state index in [9.17, 15) is 19.2 Å². The van der Waals surface area contributed by atoms with Crippen LogP contribution in [0.4, 0.5) is 0 Å². The molecular weight excluding hydrogens is 580 g/mol. The summed E-state index contributed by atoms with van der Waals surface area (Å²) in [6.45, 7) is 0. The van der Waals surface area contributed by atoms with Crippen LogP contribution in [0, 0.1) is 17.8 Å². The number of nitrogens with one attached hydrogen (secondary N) is 2. The Balaban J connectivity index is 1.01. The number of ether oxygens (including phenoxy) is 1. The van der Waals surface area contributed by atoms with E-state index in [1.165, 1.54) is 19.3 Å². The first-order valence-corrected chi connectivity index (χ1v) is 17.4. The summed E-state index contributed by atoms with van der Waals surface area (Å²) in [5, 5.41) is 2.88. The van der Waals surface area contributed by atoms with Crippen LogP contribution in [0.3, 0.4) is 0 Å². The molecule has 2 aromatic rings. The zero-order chi connectivity index (χ0) is 32.0. The second-order valence-corrected chi connectivity index (χ2v) is 14.5. The second-order valence-electron chi connectivity index (χ2n) is 14.5. The zero-order valence-electron chi connectivity index (χ0n) is 26.8. The summed E-state index contributed by atoms with van der Waals surface area (Å²) in [6, 6.07) is 17.5. The Labute approximate surface area is 272 Å². The Morgan fingerprint density at radius 1 is 0.739 bits per heavy atom. The molecule has 8 nitrogen and oxygen atoms in total. The molecule has 2 aromatic carbocycles. The van der Waals surface area contributed by atoms with Crippen molar-refractivity contribution in [2.24, 2.45) is 17.8 Å². The Morgan fingerprint density at radius 2 is 1.35 bits per heavy atom. The first kappa shape index (κ1) is 32.4. The first-order chi connectivity index (χ1) is 22.3. The lowest BCUT2D eigenvalue weighted by Gasteiger charge is -2.56. The number of benzene rings is 2. The summed E-state index contributed by atoms with van der Waals surface area (Å²) in [4.78, 5) is 58.1. The van der Waals surface area contributed by atoms with Crippen molar-refractivity contribution in [2.75, 3.05) is 0 Å². The van der Waals surface area contributed by atoms with Gasteiger partial charge >= 0.3 is 11.9 Å². The van der Waals surface area contributed by atoms with Crippen LogP contribution in [0.25, 0.3) is 0 Å². The van der Waals surface area contributed by atoms with Crippen molar-refractivity contribution < 1.29 is 28.8 Å². The van der Waals surface area contributed by atoms with Crippen molar-refractivity contribution in [2.45, 2.75) is 120 Å². The van der Waals surface area contributed by atoms with E-state index < -0.39 is 17.6 Å². The van der Waals surface area contributed by atoms with Gasteiger partial charge in [0.05, 0.1) is 24.4 Å². The number of carbonyl (C=O) groups is 4. The predicted octanol–water partition coefficient (Wildman–Crippen LogP) is 6.42. The van der Waals surface area contributed by atoms with Gasteiger partial charge in [-0.2, -0.15) is 0 Å². The van der Waals surface area contributed by atoms with Crippen molar-refractivity contribution >= 4 is 23.6 Å². The third-order valence-corrected chi connectivity index (χ3v) is 10.9. The number of rotatable bonds is 14. The first-order valence-electron chi connectivity index (χ1n) is 17.4. The fourth-order valence-corrected chi connectivity index (χ4v) is 9.00. The van der Waals surface area contributed by atoms with E-state index in [0.717, 1.165) is 61.8 Å². The quantitative estimate of drug-likeness (QED) is 0.184. The minimum atomic E-state index is -0.775. The standard InChI is InChI=1S/C38H48N2O6/c41-33(32(23-27-10-4-1-5-11-27)39-36(44)31-12-6-2-7-13-31)14-15-34(42)45-38(17-8-3-9-18-38)19-16-35(43)46-40-37-24-28-20-29(25-37)22-30(21-28)26-37/h1-2,4-7,10-13,28-30,32,40H,3,8-9,14-26H2,(H,39,44)/t28?,29?,30?,32-,37?/m0/s1. The fraction of sp³-hybridized carbons (Fsp3) is 0.579. The van der Waals surface area contributed by atoms with E-state index in [4.69, 9.17) is 9.57 Å². The molecule has 5 aliphatic rings. The lowest BCUT2D eigenvalue weighted by molar-refractivity contribution is -0.173. The molecule has 7 rings (SSSR count). The van der Waals surface area contributed by atoms with E-state index in [-0.39, 0.29) is 42.5 Å². The fourth-order valence-electron chi connectivity index (χ4n) is 9.00. The summed E-state index contributed by atoms with van der Waals surface area (Å²) in [5.41, 5.74) is 3.83. The molecule has 5 aliphatic carbocycles. The number of hydrogen-bond acceptors (Lipinski definition) is 7. The molecule has 46 heavy (non-hydrogen) atoms. The molecule has 5 saturated carbocycles. The molecule has 0 aromatic heterocycles. The summed E-state index contributed by atoms with van der Waals surface area (Å²) in [7, 11) is 0. The molecule has 1 amide bonds. The second kappa shape index (κ2) is 14.5. The summed E-state index contributed by atoms with van der Waals surface area (Å²) < 4.78 is 6.10. The van der Waals surface area contributed by atoms with Crippen molar-refractivity contribution in [3.63, 3.8) is 0 Å². The highest BCUT2D eigenvalue weighted by molar-refractivity contribution is 5.98. The van der Waals surface area contributed by atoms with Gasteiger partial charge in [0, 0.05) is 12.0 Å². The van der Waals surface area contributed by atoms with Crippen LogP contribution in [0.15, 0.2) is 60.7 Å². The number of Topliss-reactive ketones (excluding diaryl/α,β-unsaturated/α-hetero) is 1. The van der Waals surface area contributed by atoms with Crippen LogP contribution in [0.2, 0.25) is 0 Å². The minimum Gasteiger partial charge on any atom is -0.459 e. The zero-order valence-corrected chi connectivity index (χ0v) is 26.8. The van der Waals surface area contributed by atoms with Gasteiger partial charge in [-0.15, -0.1) is 5.48 Å². The van der Waals surface area contributed by atoms with Crippen LogP contribution >= 0.6 is 0 Å². The molecular formula is C38H48N2O6. The third kappa shape index (κ3) is 8.24. The molecule has 1 atom stereocenters. The van der Waals surface area contributed by atoms with Crippen LogP contribution in [0.1, 0.15) is 112 Å². The van der Waals surface area contributed by atoms with E-state index in [1.807, 2.05) is 36.4 Å². The number of hydrogen-bond donors (Lipinski definition) is 2. The van der Waals surface area contributed by atoms with Crippen LogP contribution in [-0.2, 0) is 30.4 Å². The topological polar surface area (TPSA) is 111 Å². The van der Waals surface area contributed by atoms with Gasteiger partial charge in [-0.05, 0) is 112 Å². The number of esters is 1. The molecule has 0 spiro atoms.